The Bertz CT molecular complexity index is 510. The van der Waals surface area contributed by atoms with Gasteiger partial charge in [0.15, 0.2) is 0 Å². The number of carboxylic acids is 1. The van der Waals surface area contributed by atoms with E-state index in [1.54, 1.807) is 4.90 Å². The number of hydrogen-bond donors (Lipinski definition) is 1. The van der Waals surface area contributed by atoms with Crippen LogP contribution in [-0.2, 0) is 16.1 Å². The summed E-state index contributed by atoms with van der Waals surface area (Å²) in [4.78, 5) is 24.6. The second kappa shape index (κ2) is 5.43. The Labute approximate surface area is 113 Å². The van der Waals surface area contributed by atoms with Crippen molar-refractivity contribution in [2.45, 2.75) is 33.2 Å². The molecule has 0 radical (unpaired) electrons. The third-order valence-corrected chi connectivity index (χ3v) is 3.74. The molecule has 2 rings (SSSR count). The van der Waals surface area contributed by atoms with Gasteiger partial charge in [-0.15, -0.1) is 0 Å². The molecular weight excluding hydrogens is 242 g/mol. The maximum Gasteiger partial charge on any atom is 0.307 e. The number of rotatable bonds is 3. The first-order chi connectivity index (χ1) is 8.97. The zero-order valence-corrected chi connectivity index (χ0v) is 11.3. The second-order valence-corrected chi connectivity index (χ2v) is 5.27. The zero-order chi connectivity index (χ0) is 14.0. The predicted molar refractivity (Wildman–Crippen MR) is 71.7 cm³/mol. The minimum atomic E-state index is -0.861. The zero-order valence-electron chi connectivity index (χ0n) is 11.3. The highest BCUT2D eigenvalue weighted by atomic mass is 16.4. The summed E-state index contributed by atoms with van der Waals surface area (Å²) in [6.07, 6.45) is 0.673. The molecule has 19 heavy (non-hydrogen) atoms. The van der Waals surface area contributed by atoms with Crippen LogP contribution in [0.5, 0.6) is 0 Å². The van der Waals surface area contributed by atoms with E-state index in [4.69, 9.17) is 5.11 Å². The molecule has 1 fully saturated rings. The minimum absolute atomic E-state index is 0.0560. The van der Waals surface area contributed by atoms with Crippen LogP contribution in [-0.4, -0.2) is 28.4 Å². The summed E-state index contributed by atoms with van der Waals surface area (Å²) >= 11 is 0. The first-order valence-corrected chi connectivity index (χ1v) is 6.54. The Kier molecular flexibility index (Phi) is 3.88. The van der Waals surface area contributed by atoms with Crippen molar-refractivity contribution in [2.24, 2.45) is 5.92 Å². The van der Waals surface area contributed by atoms with E-state index in [9.17, 15) is 9.59 Å². The number of hydrogen-bond acceptors (Lipinski definition) is 2. The second-order valence-electron chi connectivity index (χ2n) is 5.27. The van der Waals surface area contributed by atoms with Crippen LogP contribution >= 0.6 is 0 Å². The summed E-state index contributed by atoms with van der Waals surface area (Å²) in [7, 11) is 0. The van der Waals surface area contributed by atoms with Gasteiger partial charge in [0.25, 0.3) is 0 Å². The number of carboxylic acid groups (broad SMARTS) is 1. The van der Waals surface area contributed by atoms with Gasteiger partial charge in [-0.2, -0.15) is 0 Å². The van der Waals surface area contributed by atoms with Crippen molar-refractivity contribution < 1.29 is 14.7 Å². The number of likely N-dealkylation sites (tertiary alicyclic amines) is 1. The van der Waals surface area contributed by atoms with E-state index < -0.39 is 11.9 Å². The van der Waals surface area contributed by atoms with Crippen LogP contribution in [0, 0.1) is 19.8 Å². The fourth-order valence-corrected chi connectivity index (χ4v) is 2.43. The highest BCUT2D eigenvalue weighted by Gasteiger charge is 2.30. The van der Waals surface area contributed by atoms with Gasteiger partial charge in [-0.1, -0.05) is 23.8 Å². The summed E-state index contributed by atoms with van der Waals surface area (Å²) in [5.41, 5.74) is 3.48. The van der Waals surface area contributed by atoms with Gasteiger partial charge in [-0.25, -0.2) is 0 Å². The Morgan fingerprint density at radius 2 is 2.16 bits per heavy atom. The number of nitrogens with zero attached hydrogens (tertiary/aromatic N) is 1. The fraction of sp³-hybridized carbons (Fsp3) is 0.467. The van der Waals surface area contributed by atoms with Crippen LogP contribution in [0.15, 0.2) is 18.2 Å². The van der Waals surface area contributed by atoms with Crippen LogP contribution in [0.25, 0.3) is 0 Å². The van der Waals surface area contributed by atoms with Gasteiger partial charge in [-0.3, -0.25) is 9.59 Å². The Morgan fingerprint density at radius 1 is 1.42 bits per heavy atom. The van der Waals surface area contributed by atoms with Gasteiger partial charge in [-0.05, 0) is 31.4 Å². The molecule has 4 heteroatoms. The number of benzene rings is 1. The summed E-state index contributed by atoms with van der Waals surface area (Å²) in [6, 6.07) is 6.20. The largest absolute Gasteiger partial charge is 0.481 e. The Morgan fingerprint density at radius 3 is 2.79 bits per heavy atom. The van der Waals surface area contributed by atoms with Gasteiger partial charge in [0.1, 0.15) is 0 Å². The predicted octanol–water partition coefficient (Wildman–Crippen LogP) is 2.13. The Balaban J connectivity index is 2.06. The van der Waals surface area contributed by atoms with E-state index in [0.717, 1.165) is 5.56 Å². The Hall–Kier alpha value is -1.84. The fourth-order valence-electron chi connectivity index (χ4n) is 2.43. The standard InChI is InChI=1S/C15H19NO3/c1-10-3-4-11(2)13(7-10)9-16-6-5-12(15(18)19)8-14(16)17/h3-4,7,12H,5-6,8-9H2,1-2H3,(H,18,19). The normalized spacial score (nSPS) is 19.6. The number of aliphatic carboxylic acids is 1. The molecule has 0 spiro atoms. The van der Waals surface area contributed by atoms with Gasteiger partial charge in [0.2, 0.25) is 5.91 Å². The monoisotopic (exact) mass is 261 g/mol. The molecule has 1 N–H and O–H groups in total. The lowest BCUT2D eigenvalue weighted by Gasteiger charge is -2.30. The van der Waals surface area contributed by atoms with Crippen molar-refractivity contribution in [2.75, 3.05) is 6.54 Å². The van der Waals surface area contributed by atoms with Gasteiger partial charge >= 0.3 is 5.97 Å². The van der Waals surface area contributed by atoms with E-state index in [0.29, 0.717) is 19.5 Å². The average molecular weight is 261 g/mol. The third kappa shape index (κ3) is 3.13. The van der Waals surface area contributed by atoms with E-state index in [1.807, 2.05) is 13.8 Å². The average Bonchev–Trinajstić information content (AvgIpc) is 2.36. The number of piperidine rings is 1. The van der Waals surface area contributed by atoms with Crippen LogP contribution in [0.1, 0.15) is 29.5 Å². The molecule has 1 aliphatic heterocycles. The van der Waals surface area contributed by atoms with Crippen molar-refractivity contribution in [3.8, 4) is 0 Å². The highest BCUT2D eigenvalue weighted by Crippen LogP contribution is 2.21. The van der Waals surface area contributed by atoms with Crippen molar-refractivity contribution in [1.82, 2.24) is 4.90 Å². The highest BCUT2D eigenvalue weighted by molar-refractivity contribution is 5.83. The van der Waals surface area contributed by atoms with Crippen LogP contribution < -0.4 is 0 Å². The van der Waals surface area contributed by atoms with Crippen LogP contribution in [0.3, 0.4) is 0 Å². The lowest BCUT2D eigenvalue weighted by Crippen LogP contribution is -2.40. The summed E-state index contributed by atoms with van der Waals surface area (Å²) in [5.74, 6) is -1.43. The van der Waals surface area contributed by atoms with Crippen LogP contribution in [0.2, 0.25) is 0 Å². The summed E-state index contributed by atoms with van der Waals surface area (Å²) in [6.45, 7) is 5.17. The molecule has 102 valence electrons. The van der Waals surface area contributed by atoms with Gasteiger partial charge in [0, 0.05) is 19.5 Å². The molecule has 4 nitrogen and oxygen atoms in total. The molecule has 1 atom stereocenters. The molecule has 1 unspecified atom stereocenters. The minimum Gasteiger partial charge on any atom is -0.481 e. The molecule has 1 heterocycles. The maximum absolute atomic E-state index is 12.0. The molecule has 1 saturated heterocycles. The molecular formula is C15H19NO3. The number of amides is 1. The van der Waals surface area contributed by atoms with Crippen LogP contribution in [0.4, 0.5) is 0 Å². The van der Waals surface area contributed by atoms with E-state index >= 15 is 0 Å². The molecule has 1 aromatic carbocycles. The molecule has 0 bridgehead atoms. The summed E-state index contributed by atoms with van der Waals surface area (Å²) in [5, 5.41) is 8.94. The molecule has 1 amide bonds. The third-order valence-electron chi connectivity index (χ3n) is 3.74. The first-order valence-electron chi connectivity index (χ1n) is 6.54. The first kappa shape index (κ1) is 13.6. The molecule has 0 aromatic heterocycles. The van der Waals surface area contributed by atoms with Crippen molar-refractivity contribution in [3.05, 3.63) is 34.9 Å². The van der Waals surface area contributed by atoms with Gasteiger partial charge < -0.3 is 10.0 Å². The smallest absolute Gasteiger partial charge is 0.307 e. The SMILES string of the molecule is Cc1ccc(C)c(CN2CCC(C(=O)O)CC2=O)c1. The molecule has 1 aliphatic rings. The lowest BCUT2D eigenvalue weighted by molar-refractivity contribution is -0.149. The van der Waals surface area contributed by atoms with Crippen molar-refractivity contribution >= 4 is 11.9 Å². The summed E-state index contributed by atoms with van der Waals surface area (Å²) < 4.78 is 0. The number of carbonyl (C=O) groups excluding carboxylic acids is 1. The molecule has 0 aliphatic carbocycles. The lowest BCUT2D eigenvalue weighted by atomic mass is 9.95. The van der Waals surface area contributed by atoms with Crippen molar-refractivity contribution in [1.29, 1.82) is 0 Å². The van der Waals surface area contributed by atoms with E-state index in [1.165, 1.54) is 11.1 Å². The topological polar surface area (TPSA) is 57.6 Å². The quantitative estimate of drug-likeness (QED) is 0.906. The number of aryl methyl sites for hydroxylation is 2. The number of carbonyl (C=O) groups is 2. The molecule has 1 aromatic rings. The van der Waals surface area contributed by atoms with E-state index in [-0.39, 0.29) is 12.3 Å². The van der Waals surface area contributed by atoms with Crippen molar-refractivity contribution in [3.63, 3.8) is 0 Å². The van der Waals surface area contributed by atoms with Gasteiger partial charge in [0.05, 0.1) is 5.92 Å². The van der Waals surface area contributed by atoms with E-state index in [2.05, 4.69) is 18.2 Å². The maximum atomic E-state index is 12.0. The molecule has 0 saturated carbocycles.